The van der Waals surface area contributed by atoms with E-state index in [2.05, 4.69) is 5.32 Å². The van der Waals surface area contributed by atoms with Crippen LogP contribution < -0.4 is 5.32 Å². The molecule has 172 valence electrons. The maximum atomic E-state index is 13.4. The number of halogens is 3. The number of sulfone groups is 1. The third kappa shape index (κ3) is 3.91. The van der Waals surface area contributed by atoms with Crippen molar-refractivity contribution in [1.82, 2.24) is 0 Å². The molecule has 3 unspecified atom stereocenters. The van der Waals surface area contributed by atoms with Gasteiger partial charge in [0.25, 0.3) is 5.91 Å². The first-order chi connectivity index (χ1) is 15.1. The summed E-state index contributed by atoms with van der Waals surface area (Å²) < 4.78 is 53.3. The van der Waals surface area contributed by atoms with E-state index in [0.717, 1.165) is 12.1 Å². The Labute approximate surface area is 189 Å². The zero-order valence-electron chi connectivity index (χ0n) is 16.9. The predicted molar refractivity (Wildman–Crippen MR) is 114 cm³/mol. The third-order valence-electron chi connectivity index (χ3n) is 6.74. The SMILES string of the molecule is O=C(Nc1ccc(F)c(F)c1)c1ccc(Cl)c(S(=O)(=O)C2CC3CC[C@@H](C2)C3(O)CO)c1. The molecule has 0 aliphatic heterocycles. The molecule has 10 heteroatoms. The van der Waals surface area contributed by atoms with Gasteiger partial charge in [-0.2, -0.15) is 0 Å². The summed E-state index contributed by atoms with van der Waals surface area (Å²) in [7, 11) is -3.93. The summed E-state index contributed by atoms with van der Waals surface area (Å²) in [6.07, 6.45) is 1.66. The van der Waals surface area contributed by atoms with Gasteiger partial charge in [0.15, 0.2) is 21.5 Å². The van der Waals surface area contributed by atoms with Gasteiger partial charge >= 0.3 is 0 Å². The van der Waals surface area contributed by atoms with Crippen molar-refractivity contribution < 1.29 is 32.2 Å². The van der Waals surface area contributed by atoms with E-state index in [-0.39, 0.29) is 45.8 Å². The Morgan fingerprint density at radius 2 is 1.75 bits per heavy atom. The second kappa shape index (κ2) is 8.37. The largest absolute Gasteiger partial charge is 0.393 e. The number of carbonyl (C=O) groups is 1. The zero-order chi connectivity index (χ0) is 23.3. The monoisotopic (exact) mass is 485 g/mol. The third-order valence-corrected chi connectivity index (χ3v) is 9.40. The van der Waals surface area contributed by atoms with Gasteiger partial charge in [-0.25, -0.2) is 17.2 Å². The number of fused-ring (bicyclic) bond motifs is 2. The van der Waals surface area contributed by atoms with E-state index in [1.54, 1.807) is 0 Å². The topological polar surface area (TPSA) is 104 Å². The number of rotatable bonds is 5. The lowest BCUT2D eigenvalue weighted by atomic mass is 9.75. The normalized spacial score (nSPS) is 27.3. The maximum absolute atomic E-state index is 13.4. The number of aliphatic hydroxyl groups is 2. The molecule has 0 spiro atoms. The van der Waals surface area contributed by atoms with Crippen molar-refractivity contribution in [1.29, 1.82) is 0 Å². The standard InChI is InChI=1S/C22H22ClF2NO5S/c23-17-5-1-12(21(28)26-15-4-6-18(24)19(25)10-15)7-20(17)32(30,31)16-8-13-2-3-14(9-16)22(13,29)11-27/h1,4-7,10,13-14,16,27,29H,2-3,8-9,11H2,(H,26,28)/t13-,14?,16?,22?/m0/s1. The molecule has 2 saturated carbocycles. The fourth-order valence-corrected chi connectivity index (χ4v) is 7.34. The first kappa shape index (κ1) is 23.1. The second-order valence-electron chi connectivity index (χ2n) is 8.49. The lowest BCUT2D eigenvalue weighted by Crippen LogP contribution is -2.50. The number of carbonyl (C=O) groups excluding carboxylic acids is 1. The van der Waals surface area contributed by atoms with Crippen molar-refractivity contribution in [2.24, 2.45) is 11.8 Å². The van der Waals surface area contributed by atoms with Gasteiger partial charge in [-0.3, -0.25) is 4.79 Å². The lowest BCUT2D eigenvalue weighted by Gasteiger charge is -2.41. The van der Waals surface area contributed by atoms with Crippen LogP contribution in [0.25, 0.3) is 0 Å². The molecule has 4 atom stereocenters. The minimum Gasteiger partial charge on any atom is -0.393 e. The molecule has 0 saturated heterocycles. The van der Waals surface area contributed by atoms with E-state index >= 15 is 0 Å². The van der Waals surface area contributed by atoms with Gasteiger partial charge in [0.1, 0.15) is 0 Å². The second-order valence-corrected chi connectivity index (χ2v) is 11.1. The van der Waals surface area contributed by atoms with Gasteiger partial charge in [0.05, 0.1) is 27.4 Å². The number of hydrogen-bond acceptors (Lipinski definition) is 5. The first-order valence-corrected chi connectivity index (χ1v) is 12.1. The van der Waals surface area contributed by atoms with E-state index in [1.165, 1.54) is 24.3 Å². The average molecular weight is 486 g/mol. The molecule has 4 rings (SSSR count). The van der Waals surface area contributed by atoms with Gasteiger partial charge in [0.2, 0.25) is 0 Å². The van der Waals surface area contributed by atoms with E-state index in [1.807, 2.05) is 0 Å². The van der Waals surface area contributed by atoms with Crippen molar-refractivity contribution in [2.75, 3.05) is 11.9 Å². The van der Waals surface area contributed by atoms with Crippen molar-refractivity contribution >= 4 is 33.0 Å². The molecule has 6 nitrogen and oxygen atoms in total. The van der Waals surface area contributed by atoms with E-state index in [9.17, 15) is 32.2 Å². The number of amides is 1. The van der Waals surface area contributed by atoms with Crippen LogP contribution in [0.3, 0.4) is 0 Å². The summed E-state index contributed by atoms with van der Waals surface area (Å²) in [4.78, 5) is 12.4. The van der Waals surface area contributed by atoms with Crippen LogP contribution >= 0.6 is 11.6 Å². The molecule has 0 aromatic heterocycles. The molecule has 1 amide bonds. The predicted octanol–water partition coefficient (Wildman–Crippen LogP) is 3.56. The fourth-order valence-electron chi connectivity index (χ4n) is 4.94. The molecular weight excluding hydrogens is 464 g/mol. The Morgan fingerprint density at radius 3 is 2.34 bits per heavy atom. The summed E-state index contributed by atoms with van der Waals surface area (Å²) in [5, 5.41) is 21.9. The van der Waals surface area contributed by atoms with Crippen LogP contribution in [0, 0.1) is 23.5 Å². The van der Waals surface area contributed by atoms with Crippen LogP contribution in [0.4, 0.5) is 14.5 Å². The Balaban J connectivity index is 1.59. The van der Waals surface area contributed by atoms with Crippen LogP contribution in [0.2, 0.25) is 5.02 Å². The highest BCUT2D eigenvalue weighted by atomic mass is 35.5. The van der Waals surface area contributed by atoms with Crippen molar-refractivity contribution in [3.05, 3.63) is 58.6 Å². The minimum absolute atomic E-state index is 0.0108. The molecule has 0 radical (unpaired) electrons. The van der Waals surface area contributed by atoms with Crippen molar-refractivity contribution in [3.8, 4) is 0 Å². The molecule has 2 aromatic rings. The highest BCUT2D eigenvalue weighted by Crippen LogP contribution is 2.51. The van der Waals surface area contributed by atoms with Crippen LogP contribution in [0.15, 0.2) is 41.3 Å². The number of anilines is 1. The van der Waals surface area contributed by atoms with Gasteiger partial charge < -0.3 is 15.5 Å². The van der Waals surface area contributed by atoms with Crippen LogP contribution in [0.5, 0.6) is 0 Å². The van der Waals surface area contributed by atoms with Gasteiger partial charge in [-0.05, 0) is 67.9 Å². The molecule has 2 aliphatic carbocycles. The average Bonchev–Trinajstić information content (AvgIpc) is 2.92. The Kier molecular flexibility index (Phi) is 6.04. The molecule has 3 N–H and O–H groups in total. The summed E-state index contributed by atoms with van der Waals surface area (Å²) in [6.45, 7) is -0.407. The molecular formula is C22H22ClF2NO5S. The van der Waals surface area contributed by atoms with E-state index in [0.29, 0.717) is 12.8 Å². The van der Waals surface area contributed by atoms with Crippen molar-refractivity contribution in [2.45, 2.75) is 41.4 Å². The molecule has 2 bridgehead atoms. The van der Waals surface area contributed by atoms with Crippen LogP contribution in [-0.2, 0) is 9.84 Å². The number of benzene rings is 2. The summed E-state index contributed by atoms with van der Waals surface area (Å²) in [5.74, 6) is -3.55. The van der Waals surface area contributed by atoms with Gasteiger partial charge in [-0.1, -0.05) is 11.6 Å². The highest BCUT2D eigenvalue weighted by Gasteiger charge is 2.55. The van der Waals surface area contributed by atoms with Crippen LogP contribution in [0.1, 0.15) is 36.0 Å². The minimum atomic E-state index is -3.93. The summed E-state index contributed by atoms with van der Waals surface area (Å²) in [5.41, 5.74) is -1.26. The molecule has 2 aromatic carbocycles. The molecule has 32 heavy (non-hydrogen) atoms. The number of nitrogens with one attached hydrogen (secondary N) is 1. The summed E-state index contributed by atoms with van der Waals surface area (Å²) >= 11 is 6.18. The quantitative estimate of drug-likeness (QED) is 0.601. The van der Waals surface area contributed by atoms with Gasteiger partial charge in [0, 0.05) is 17.3 Å². The molecule has 2 aliphatic rings. The fraction of sp³-hybridized carbons (Fsp3) is 0.409. The first-order valence-electron chi connectivity index (χ1n) is 10.2. The Bertz CT molecular complexity index is 1160. The van der Waals surface area contributed by atoms with E-state index < -0.39 is 44.8 Å². The van der Waals surface area contributed by atoms with Gasteiger partial charge in [-0.15, -0.1) is 0 Å². The number of hydrogen-bond donors (Lipinski definition) is 3. The molecule has 2 fully saturated rings. The Hall–Kier alpha value is -2.07. The molecule has 0 heterocycles. The highest BCUT2D eigenvalue weighted by molar-refractivity contribution is 7.92. The van der Waals surface area contributed by atoms with Crippen molar-refractivity contribution in [3.63, 3.8) is 0 Å². The summed E-state index contributed by atoms with van der Waals surface area (Å²) in [6, 6.07) is 6.68. The Morgan fingerprint density at radius 1 is 1.09 bits per heavy atom. The smallest absolute Gasteiger partial charge is 0.255 e. The van der Waals surface area contributed by atoms with Crippen LogP contribution in [-0.4, -0.2) is 42.0 Å². The zero-order valence-corrected chi connectivity index (χ0v) is 18.5. The lowest BCUT2D eigenvalue weighted by molar-refractivity contribution is -0.0943. The van der Waals surface area contributed by atoms with E-state index in [4.69, 9.17) is 11.6 Å². The maximum Gasteiger partial charge on any atom is 0.255 e. The number of aliphatic hydroxyl groups excluding tert-OH is 1.